The van der Waals surface area contributed by atoms with Crippen molar-refractivity contribution in [3.63, 3.8) is 0 Å². The Bertz CT molecular complexity index is 750. The Morgan fingerprint density at radius 3 is 3.00 bits per heavy atom. The summed E-state index contributed by atoms with van der Waals surface area (Å²) in [5, 5.41) is 0. The summed E-state index contributed by atoms with van der Waals surface area (Å²) in [6.07, 6.45) is 5.37. The number of aryl methyl sites for hydroxylation is 1. The lowest BCUT2D eigenvalue weighted by Crippen LogP contribution is -2.06. The molecule has 3 aromatic heterocycles. The molecule has 0 aliphatic carbocycles. The molecule has 6 heteroatoms. The van der Waals surface area contributed by atoms with Crippen LogP contribution in [0.3, 0.4) is 0 Å². The van der Waals surface area contributed by atoms with E-state index in [9.17, 15) is 0 Å². The van der Waals surface area contributed by atoms with Crippen molar-refractivity contribution < 1.29 is 0 Å². The number of hydrogen-bond acceptors (Lipinski definition) is 4. The molecule has 0 bridgehead atoms. The van der Waals surface area contributed by atoms with Gasteiger partial charge in [0.15, 0.2) is 5.65 Å². The maximum atomic E-state index is 5.98. The van der Waals surface area contributed by atoms with Gasteiger partial charge in [-0.3, -0.25) is 9.55 Å². The summed E-state index contributed by atoms with van der Waals surface area (Å²) in [5.74, 6) is 0.462. The van der Waals surface area contributed by atoms with Crippen LogP contribution in [0.1, 0.15) is 11.1 Å². The Hall–Kier alpha value is -1.95. The van der Waals surface area contributed by atoms with Gasteiger partial charge >= 0.3 is 0 Å². The molecule has 0 spiro atoms. The topological polar surface area (TPSA) is 69.6 Å². The van der Waals surface area contributed by atoms with E-state index in [1.165, 1.54) is 5.56 Å². The van der Waals surface area contributed by atoms with Crippen LogP contribution in [0.15, 0.2) is 35.2 Å². The van der Waals surface area contributed by atoms with E-state index in [0.29, 0.717) is 12.5 Å². The first kappa shape index (κ1) is 12.1. The van der Waals surface area contributed by atoms with E-state index < -0.39 is 0 Å². The number of imidazole rings is 1. The van der Waals surface area contributed by atoms with Crippen LogP contribution in [0, 0.1) is 6.92 Å². The normalized spacial score (nSPS) is 11.1. The average molecular weight is 318 g/mol. The fourth-order valence-electron chi connectivity index (χ4n) is 1.99. The minimum Gasteiger partial charge on any atom is -0.369 e. The van der Waals surface area contributed by atoms with E-state index in [1.54, 1.807) is 12.4 Å². The van der Waals surface area contributed by atoms with Gasteiger partial charge < -0.3 is 5.73 Å². The number of hydrogen-bond donors (Lipinski definition) is 1. The maximum Gasteiger partial charge on any atom is 0.202 e. The van der Waals surface area contributed by atoms with E-state index in [0.717, 1.165) is 21.2 Å². The molecule has 5 nitrogen and oxygen atoms in total. The van der Waals surface area contributed by atoms with Crippen molar-refractivity contribution in [1.82, 2.24) is 19.5 Å². The zero-order valence-corrected chi connectivity index (χ0v) is 11.9. The van der Waals surface area contributed by atoms with Gasteiger partial charge in [-0.25, -0.2) is 9.97 Å². The van der Waals surface area contributed by atoms with Crippen molar-refractivity contribution in [2.24, 2.45) is 0 Å². The van der Waals surface area contributed by atoms with E-state index in [-0.39, 0.29) is 0 Å². The van der Waals surface area contributed by atoms with Crippen molar-refractivity contribution in [1.29, 1.82) is 0 Å². The lowest BCUT2D eigenvalue weighted by Gasteiger charge is -2.08. The molecular formula is C13H12BrN5. The molecule has 0 atom stereocenters. The van der Waals surface area contributed by atoms with Gasteiger partial charge in [-0.2, -0.15) is 0 Å². The van der Waals surface area contributed by atoms with E-state index in [4.69, 9.17) is 5.73 Å². The Balaban J connectivity index is 2.10. The van der Waals surface area contributed by atoms with Gasteiger partial charge in [0, 0.05) is 23.1 Å². The maximum absolute atomic E-state index is 5.98. The van der Waals surface area contributed by atoms with E-state index in [2.05, 4.69) is 37.8 Å². The zero-order valence-electron chi connectivity index (χ0n) is 10.3. The Morgan fingerprint density at radius 1 is 1.37 bits per heavy atom. The third-order valence-corrected chi connectivity index (χ3v) is 3.49. The predicted molar refractivity (Wildman–Crippen MR) is 77.7 cm³/mol. The summed E-state index contributed by atoms with van der Waals surface area (Å²) in [6, 6.07) is 3.89. The molecule has 19 heavy (non-hydrogen) atoms. The van der Waals surface area contributed by atoms with Crippen LogP contribution in [-0.4, -0.2) is 19.5 Å². The fourth-order valence-corrected chi connectivity index (χ4v) is 2.31. The van der Waals surface area contributed by atoms with Gasteiger partial charge in [-0.15, -0.1) is 0 Å². The van der Waals surface area contributed by atoms with Crippen LogP contribution >= 0.6 is 15.9 Å². The number of nitrogens with two attached hydrogens (primary N) is 1. The standard InChI is InChI=1S/C13H12BrN5/c1-8-2-3-16-5-9(8)7-19-12-11(18-13(19)15)4-10(14)6-17-12/h2-6H,7H2,1H3,(H2,15,18). The second kappa shape index (κ2) is 4.62. The summed E-state index contributed by atoms with van der Waals surface area (Å²) >= 11 is 3.38. The highest BCUT2D eigenvalue weighted by Crippen LogP contribution is 2.21. The first-order valence-electron chi connectivity index (χ1n) is 5.82. The summed E-state index contributed by atoms with van der Waals surface area (Å²) in [4.78, 5) is 12.9. The van der Waals surface area contributed by atoms with Crippen molar-refractivity contribution >= 4 is 33.0 Å². The lowest BCUT2D eigenvalue weighted by molar-refractivity contribution is 0.816. The predicted octanol–water partition coefficient (Wildman–Crippen LogP) is 2.53. The Morgan fingerprint density at radius 2 is 2.21 bits per heavy atom. The van der Waals surface area contributed by atoms with Crippen LogP contribution < -0.4 is 5.73 Å². The first-order valence-corrected chi connectivity index (χ1v) is 6.61. The van der Waals surface area contributed by atoms with Gasteiger partial charge in [-0.1, -0.05) is 0 Å². The van der Waals surface area contributed by atoms with Crippen LogP contribution in [0.2, 0.25) is 0 Å². The van der Waals surface area contributed by atoms with Crippen molar-refractivity contribution in [2.75, 3.05) is 5.73 Å². The number of halogens is 1. The number of fused-ring (bicyclic) bond motifs is 1. The molecule has 0 aliphatic rings. The highest BCUT2D eigenvalue weighted by molar-refractivity contribution is 9.10. The molecule has 0 saturated carbocycles. The molecule has 0 unspecified atom stereocenters. The monoisotopic (exact) mass is 317 g/mol. The minimum atomic E-state index is 0.462. The molecule has 96 valence electrons. The molecule has 0 amide bonds. The molecule has 0 aromatic carbocycles. The quantitative estimate of drug-likeness (QED) is 0.788. The van der Waals surface area contributed by atoms with Crippen LogP contribution in [0.25, 0.3) is 11.2 Å². The highest BCUT2D eigenvalue weighted by atomic mass is 79.9. The molecule has 3 heterocycles. The second-order valence-corrected chi connectivity index (χ2v) is 5.27. The molecule has 3 aromatic rings. The summed E-state index contributed by atoms with van der Waals surface area (Å²) in [6.45, 7) is 2.67. The number of aromatic nitrogens is 4. The van der Waals surface area contributed by atoms with Gasteiger partial charge in [0.2, 0.25) is 5.95 Å². The summed E-state index contributed by atoms with van der Waals surface area (Å²) in [5.41, 5.74) is 9.83. The number of rotatable bonds is 2. The van der Waals surface area contributed by atoms with Gasteiger partial charge in [0.05, 0.1) is 6.54 Å². The number of anilines is 1. The Kier molecular flexibility index (Phi) is 2.94. The molecule has 3 rings (SSSR count). The lowest BCUT2D eigenvalue weighted by atomic mass is 10.1. The SMILES string of the molecule is Cc1ccncc1Cn1c(N)nc2cc(Br)cnc21. The number of nitrogen functional groups attached to an aromatic ring is 1. The molecule has 2 N–H and O–H groups in total. The van der Waals surface area contributed by atoms with Crippen molar-refractivity contribution in [2.45, 2.75) is 13.5 Å². The Labute approximate surface area is 118 Å². The fraction of sp³-hybridized carbons (Fsp3) is 0.154. The number of pyridine rings is 2. The molecule has 0 radical (unpaired) electrons. The minimum absolute atomic E-state index is 0.462. The third-order valence-electron chi connectivity index (χ3n) is 3.06. The van der Waals surface area contributed by atoms with Gasteiger partial charge in [0.25, 0.3) is 0 Å². The van der Waals surface area contributed by atoms with E-state index in [1.807, 2.05) is 22.9 Å². The largest absolute Gasteiger partial charge is 0.369 e. The van der Waals surface area contributed by atoms with E-state index >= 15 is 0 Å². The highest BCUT2D eigenvalue weighted by Gasteiger charge is 2.11. The van der Waals surface area contributed by atoms with Gasteiger partial charge in [0.1, 0.15) is 5.52 Å². The molecular weight excluding hydrogens is 306 g/mol. The zero-order chi connectivity index (χ0) is 13.4. The van der Waals surface area contributed by atoms with Crippen LogP contribution in [-0.2, 0) is 6.54 Å². The summed E-state index contributed by atoms with van der Waals surface area (Å²) < 4.78 is 2.79. The average Bonchev–Trinajstić information content (AvgIpc) is 2.68. The molecule has 0 saturated heterocycles. The summed E-state index contributed by atoms with van der Waals surface area (Å²) in [7, 11) is 0. The van der Waals surface area contributed by atoms with Crippen LogP contribution in [0.5, 0.6) is 0 Å². The molecule has 0 fully saturated rings. The van der Waals surface area contributed by atoms with Crippen molar-refractivity contribution in [3.8, 4) is 0 Å². The smallest absolute Gasteiger partial charge is 0.202 e. The number of nitrogens with zero attached hydrogens (tertiary/aromatic N) is 4. The first-order chi connectivity index (χ1) is 9.15. The van der Waals surface area contributed by atoms with Crippen LogP contribution in [0.4, 0.5) is 5.95 Å². The second-order valence-electron chi connectivity index (χ2n) is 4.35. The van der Waals surface area contributed by atoms with Gasteiger partial charge in [-0.05, 0) is 46.1 Å². The third kappa shape index (κ3) is 2.19. The van der Waals surface area contributed by atoms with Crippen molar-refractivity contribution in [3.05, 3.63) is 46.3 Å². The molecule has 0 aliphatic heterocycles.